The number of aliphatic imine (C=N–C) groups is 1. The number of fused-ring (bicyclic) bond motifs is 3. The fourth-order valence-corrected chi connectivity index (χ4v) is 10.4. The first-order valence-corrected chi connectivity index (χ1v) is 14.2. The van der Waals surface area contributed by atoms with Crippen molar-refractivity contribution >= 4 is 5.71 Å². The number of rotatable bonds is 4. The summed E-state index contributed by atoms with van der Waals surface area (Å²) in [6.45, 7) is 14.8. The lowest BCUT2D eigenvalue weighted by atomic mass is 9.60. The SMILES string of the molecule is C=C[C@@H](O)CCC1(C)CCC[C@@H]2[C@@H]1CC13CC1(C)C[C@]1(CC[C@@H]23)O[C@@H]2C[C@H](C)CN=C2[C@H]1C. The van der Waals surface area contributed by atoms with Crippen LogP contribution in [0.15, 0.2) is 17.6 Å². The zero-order chi connectivity index (χ0) is 23.2. The maximum absolute atomic E-state index is 10.2. The number of aliphatic hydroxyl groups is 1. The van der Waals surface area contributed by atoms with Gasteiger partial charge in [0.1, 0.15) is 0 Å². The fourth-order valence-electron chi connectivity index (χ4n) is 10.4. The van der Waals surface area contributed by atoms with Crippen molar-refractivity contribution in [1.29, 1.82) is 0 Å². The van der Waals surface area contributed by atoms with Crippen molar-refractivity contribution in [3.63, 3.8) is 0 Å². The van der Waals surface area contributed by atoms with Crippen LogP contribution >= 0.6 is 0 Å². The van der Waals surface area contributed by atoms with Crippen molar-refractivity contribution in [2.75, 3.05) is 6.54 Å². The van der Waals surface area contributed by atoms with Gasteiger partial charge in [-0.25, -0.2) is 0 Å². The molecule has 0 bridgehead atoms. The van der Waals surface area contributed by atoms with Crippen molar-refractivity contribution < 1.29 is 9.84 Å². The van der Waals surface area contributed by atoms with Crippen LogP contribution in [0.4, 0.5) is 0 Å². The molecule has 3 unspecified atom stereocenters. The summed E-state index contributed by atoms with van der Waals surface area (Å²) in [5.41, 5.74) is 2.84. The zero-order valence-corrected chi connectivity index (χ0v) is 21.6. The van der Waals surface area contributed by atoms with E-state index in [2.05, 4.69) is 34.3 Å². The third kappa shape index (κ3) is 3.16. The molecule has 5 fully saturated rings. The number of aliphatic hydroxyl groups excluding tert-OH is 1. The van der Waals surface area contributed by atoms with E-state index in [0.717, 1.165) is 37.1 Å². The molecular weight excluding hydrogens is 406 g/mol. The summed E-state index contributed by atoms with van der Waals surface area (Å²) >= 11 is 0. The highest BCUT2D eigenvalue weighted by Gasteiger charge is 2.77. The molecule has 0 amide bonds. The summed E-state index contributed by atoms with van der Waals surface area (Å²) in [5.74, 6) is 3.78. The van der Waals surface area contributed by atoms with E-state index in [1.54, 1.807) is 6.08 Å². The van der Waals surface area contributed by atoms with E-state index < -0.39 is 0 Å². The number of hydrogen-bond acceptors (Lipinski definition) is 3. The molecule has 0 aromatic carbocycles. The Labute approximate surface area is 201 Å². The van der Waals surface area contributed by atoms with Crippen LogP contribution in [0, 0.1) is 45.8 Å². The minimum atomic E-state index is -0.339. The second-order valence-electron chi connectivity index (χ2n) is 14.1. The van der Waals surface area contributed by atoms with E-state index in [9.17, 15) is 5.11 Å². The van der Waals surface area contributed by atoms with Crippen LogP contribution in [0.2, 0.25) is 0 Å². The molecule has 3 nitrogen and oxygen atoms in total. The topological polar surface area (TPSA) is 41.8 Å². The van der Waals surface area contributed by atoms with Gasteiger partial charge in [0.05, 0.1) is 17.8 Å². The van der Waals surface area contributed by atoms with Crippen LogP contribution in [0.3, 0.4) is 0 Å². The normalized spacial score (nSPS) is 55.6. The molecule has 6 aliphatic rings. The zero-order valence-electron chi connectivity index (χ0n) is 21.6. The summed E-state index contributed by atoms with van der Waals surface area (Å²) in [6.07, 6.45) is 15.8. The molecule has 0 aromatic rings. The highest BCUT2D eigenvalue weighted by atomic mass is 16.5. The molecule has 0 radical (unpaired) electrons. The molecule has 0 aromatic heterocycles. The van der Waals surface area contributed by atoms with Crippen LogP contribution in [0.25, 0.3) is 0 Å². The standard InChI is InChI=1S/C30H47NO2/c1-6-21(32)9-12-27(4)11-7-8-22-23-10-13-30(18-28(5)17-29(23,28)15-24(22)27)20(3)26-25(33-30)14-19(2)16-31-26/h6,19-25,32H,1,7-18H2,2-5H3/t19-,20+,21+,22-,23-,24-,25+,27?,28?,29?,30-/m0/s1. The lowest BCUT2D eigenvalue weighted by Gasteiger charge is -2.45. The summed E-state index contributed by atoms with van der Waals surface area (Å²) < 4.78 is 7.07. The first-order valence-electron chi connectivity index (χ1n) is 14.2. The molecule has 6 rings (SSSR count). The van der Waals surface area contributed by atoms with Crippen molar-refractivity contribution in [2.24, 2.45) is 50.8 Å². The van der Waals surface area contributed by atoms with E-state index in [0.29, 0.717) is 34.2 Å². The van der Waals surface area contributed by atoms with Gasteiger partial charge in [-0.15, -0.1) is 6.58 Å². The highest BCUT2D eigenvalue weighted by molar-refractivity contribution is 5.94. The summed E-state index contributed by atoms with van der Waals surface area (Å²) in [7, 11) is 0. The monoisotopic (exact) mass is 453 g/mol. The quantitative estimate of drug-likeness (QED) is 0.488. The van der Waals surface area contributed by atoms with Crippen LogP contribution < -0.4 is 0 Å². The summed E-state index contributed by atoms with van der Waals surface area (Å²) in [4.78, 5) is 5.06. The largest absolute Gasteiger partial charge is 0.389 e. The Hall–Kier alpha value is -0.670. The lowest BCUT2D eigenvalue weighted by molar-refractivity contribution is -0.0823. The molecule has 4 aliphatic carbocycles. The van der Waals surface area contributed by atoms with E-state index in [1.165, 1.54) is 63.5 Å². The van der Waals surface area contributed by atoms with Gasteiger partial charge >= 0.3 is 0 Å². The van der Waals surface area contributed by atoms with Crippen molar-refractivity contribution in [3.8, 4) is 0 Å². The molecule has 4 saturated carbocycles. The van der Waals surface area contributed by atoms with Gasteiger partial charge in [-0.3, -0.25) is 4.99 Å². The van der Waals surface area contributed by atoms with E-state index >= 15 is 0 Å². The molecule has 33 heavy (non-hydrogen) atoms. The van der Waals surface area contributed by atoms with Gasteiger partial charge in [0.15, 0.2) is 0 Å². The van der Waals surface area contributed by atoms with Gasteiger partial charge in [-0.05, 0) is 104 Å². The highest BCUT2D eigenvalue weighted by Crippen LogP contribution is 2.83. The molecule has 11 atom stereocenters. The van der Waals surface area contributed by atoms with E-state index in [-0.39, 0.29) is 11.7 Å². The van der Waals surface area contributed by atoms with Crippen molar-refractivity contribution in [2.45, 2.75) is 116 Å². The van der Waals surface area contributed by atoms with Crippen LogP contribution in [-0.4, -0.2) is 35.2 Å². The van der Waals surface area contributed by atoms with E-state index in [4.69, 9.17) is 9.73 Å². The Kier molecular flexibility index (Phi) is 5.12. The predicted molar refractivity (Wildman–Crippen MR) is 134 cm³/mol. The Bertz CT molecular complexity index is 852. The molecular formula is C30H47NO2. The van der Waals surface area contributed by atoms with Crippen LogP contribution in [0.5, 0.6) is 0 Å². The van der Waals surface area contributed by atoms with Crippen LogP contribution in [0.1, 0.15) is 98.3 Å². The number of nitrogens with zero attached hydrogens (tertiary/aromatic N) is 1. The van der Waals surface area contributed by atoms with Crippen molar-refractivity contribution in [3.05, 3.63) is 12.7 Å². The Morgan fingerprint density at radius 1 is 1.18 bits per heavy atom. The molecule has 2 spiro atoms. The minimum Gasteiger partial charge on any atom is -0.389 e. The molecule has 2 aliphatic heterocycles. The average Bonchev–Trinajstić information content (AvgIpc) is 3.09. The minimum absolute atomic E-state index is 0.0394. The average molecular weight is 454 g/mol. The lowest BCUT2D eigenvalue weighted by Crippen LogP contribution is -2.39. The number of ether oxygens (including phenoxy) is 1. The predicted octanol–water partition coefficient (Wildman–Crippen LogP) is 6.59. The van der Waals surface area contributed by atoms with Gasteiger partial charge < -0.3 is 9.84 Å². The fraction of sp³-hybridized carbons (Fsp3) is 0.900. The summed E-state index contributed by atoms with van der Waals surface area (Å²) in [5, 5.41) is 10.2. The third-order valence-corrected chi connectivity index (χ3v) is 12.3. The Balaban J connectivity index is 1.26. The second-order valence-corrected chi connectivity index (χ2v) is 14.1. The van der Waals surface area contributed by atoms with E-state index in [1.807, 2.05) is 0 Å². The summed E-state index contributed by atoms with van der Waals surface area (Å²) in [6, 6.07) is 0. The van der Waals surface area contributed by atoms with Crippen LogP contribution in [-0.2, 0) is 4.74 Å². The maximum atomic E-state index is 10.2. The molecule has 2 heterocycles. The first-order chi connectivity index (χ1) is 15.7. The maximum Gasteiger partial charge on any atom is 0.0966 e. The van der Waals surface area contributed by atoms with Gasteiger partial charge in [0.25, 0.3) is 0 Å². The second kappa shape index (κ2) is 7.42. The Morgan fingerprint density at radius 2 is 2.00 bits per heavy atom. The first kappa shape index (κ1) is 22.8. The van der Waals surface area contributed by atoms with Gasteiger partial charge in [0, 0.05) is 18.2 Å². The molecule has 184 valence electrons. The number of hydrogen-bond donors (Lipinski definition) is 1. The van der Waals surface area contributed by atoms with Gasteiger partial charge in [0.2, 0.25) is 0 Å². The smallest absolute Gasteiger partial charge is 0.0966 e. The van der Waals surface area contributed by atoms with Gasteiger partial charge in [-0.1, -0.05) is 40.2 Å². The molecule has 1 N–H and O–H groups in total. The molecule has 3 heteroatoms. The van der Waals surface area contributed by atoms with Gasteiger partial charge in [-0.2, -0.15) is 0 Å². The Morgan fingerprint density at radius 3 is 2.79 bits per heavy atom. The third-order valence-electron chi connectivity index (χ3n) is 12.3. The van der Waals surface area contributed by atoms with Crippen molar-refractivity contribution in [1.82, 2.24) is 0 Å². The molecule has 1 saturated heterocycles.